The van der Waals surface area contributed by atoms with E-state index in [1.165, 1.54) is 24.3 Å². The number of hydrogen-bond acceptors (Lipinski definition) is 5. The maximum Gasteiger partial charge on any atom is 0.406 e. The van der Waals surface area contributed by atoms with Gasteiger partial charge in [-0.2, -0.15) is 13.2 Å². The summed E-state index contributed by atoms with van der Waals surface area (Å²) in [7, 11) is 3.17. The van der Waals surface area contributed by atoms with Crippen molar-refractivity contribution in [2.24, 2.45) is 11.8 Å². The zero-order valence-corrected chi connectivity index (χ0v) is 21.2. The average molecular weight is 506 g/mol. The van der Waals surface area contributed by atoms with Gasteiger partial charge in [-0.05, 0) is 47.6 Å². The first kappa shape index (κ1) is 26.3. The van der Waals surface area contributed by atoms with E-state index in [4.69, 9.17) is 14.2 Å². The maximum atomic E-state index is 14.0. The Balaban J connectivity index is 1.64. The molecule has 2 aliphatic rings. The van der Waals surface area contributed by atoms with Crippen LogP contribution in [-0.4, -0.2) is 50.5 Å². The Morgan fingerprint density at radius 3 is 2.36 bits per heavy atom. The molecule has 0 N–H and O–H groups in total. The molecule has 0 radical (unpaired) electrons. The lowest BCUT2D eigenvalue weighted by molar-refractivity contribution is -0.190. The van der Waals surface area contributed by atoms with Gasteiger partial charge in [0.2, 0.25) is 0 Å². The number of benzene rings is 2. The van der Waals surface area contributed by atoms with Gasteiger partial charge in [0.1, 0.15) is 6.10 Å². The fourth-order valence-corrected chi connectivity index (χ4v) is 5.70. The molecule has 0 unspecified atom stereocenters. The lowest BCUT2D eigenvalue weighted by atomic mass is 9.79. The van der Waals surface area contributed by atoms with Crippen LogP contribution in [0.3, 0.4) is 0 Å². The van der Waals surface area contributed by atoms with Gasteiger partial charge in [-0.3, -0.25) is 9.69 Å². The Morgan fingerprint density at radius 1 is 1.08 bits per heavy atom. The molecule has 0 saturated carbocycles. The van der Waals surface area contributed by atoms with Crippen molar-refractivity contribution in [2.45, 2.75) is 57.3 Å². The predicted molar refractivity (Wildman–Crippen MR) is 130 cm³/mol. The van der Waals surface area contributed by atoms with Crippen LogP contribution >= 0.6 is 0 Å². The zero-order valence-electron chi connectivity index (χ0n) is 21.2. The van der Waals surface area contributed by atoms with Crippen molar-refractivity contribution in [3.05, 3.63) is 59.2 Å². The Labute approximate surface area is 210 Å². The molecule has 36 heavy (non-hydrogen) atoms. The largest absolute Gasteiger partial charge is 0.493 e. The summed E-state index contributed by atoms with van der Waals surface area (Å²) in [6.07, 6.45) is -3.32. The SMILES string of the molecule is COc1cc2c(cc1OC)[C@@H]1C[C@@H](OC(=O)[C@@H](c3ccccc3)C(F)(F)F)[C@H](CC(C)C)CN1CC2. The molecule has 0 bridgehead atoms. The van der Waals surface area contributed by atoms with E-state index in [2.05, 4.69) is 18.7 Å². The van der Waals surface area contributed by atoms with Gasteiger partial charge in [-0.15, -0.1) is 0 Å². The van der Waals surface area contributed by atoms with E-state index in [0.29, 0.717) is 30.4 Å². The molecule has 0 aliphatic carbocycles. The second-order valence-electron chi connectivity index (χ2n) is 10.2. The van der Waals surface area contributed by atoms with Gasteiger partial charge in [-0.25, -0.2) is 0 Å². The standard InChI is InChI=1S/C28H34F3NO4/c1-17(2)12-20-16-32-11-10-19-13-24(34-3)25(35-4)14-21(19)22(32)15-23(20)36-27(33)26(28(29,30)31)18-8-6-5-7-9-18/h5-9,13-14,17,20,22-23,26H,10-12,15-16H2,1-4H3/t20-,22+,23-,26-/m1/s1. The number of esters is 1. The number of fused-ring (bicyclic) bond motifs is 3. The third kappa shape index (κ3) is 5.48. The highest BCUT2D eigenvalue weighted by atomic mass is 19.4. The van der Waals surface area contributed by atoms with Crippen LogP contribution in [0.2, 0.25) is 0 Å². The summed E-state index contributed by atoms with van der Waals surface area (Å²) >= 11 is 0. The monoisotopic (exact) mass is 505 g/mol. The lowest BCUT2D eigenvalue weighted by Crippen LogP contribution is -2.50. The third-order valence-corrected chi connectivity index (χ3v) is 7.30. The van der Waals surface area contributed by atoms with Crippen LogP contribution in [-0.2, 0) is 16.0 Å². The third-order valence-electron chi connectivity index (χ3n) is 7.30. The van der Waals surface area contributed by atoms with E-state index in [9.17, 15) is 18.0 Å². The summed E-state index contributed by atoms with van der Waals surface area (Å²) in [6.45, 7) is 5.65. The molecule has 1 saturated heterocycles. The Bertz CT molecular complexity index is 1060. The number of alkyl halides is 3. The minimum atomic E-state index is -4.74. The Morgan fingerprint density at radius 2 is 1.75 bits per heavy atom. The topological polar surface area (TPSA) is 48.0 Å². The van der Waals surface area contributed by atoms with Gasteiger partial charge < -0.3 is 14.2 Å². The maximum absolute atomic E-state index is 14.0. The molecule has 1 fully saturated rings. The molecule has 4 atom stereocenters. The number of carbonyl (C=O) groups is 1. The number of carbonyl (C=O) groups excluding carboxylic acids is 1. The van der Waals surface area contributed by atoms with E-state index in [1.807, 2.05) is 12.1 Å². The molecule has 2 aromatic rings. The Kier molecular flexibility index (Phi) is 7.83. The van der Waals surface area contributed by atoms with E-state index in [0.717, 1.165) is 30.5 Å². The van der Waals surface area contributed by atoms with E-state index in [-0.39, 0.29) is 17.5 Å². The molecule has 8 heteroatoms. The fraction of sp³-hybridized carbons (Fsp3) is 0.536. The molecule has 196 valence electrons. The minimum Gasteiger partial charge on any atom is -0.493 e. The van der Waals surface area contributed by atoms with Crippen molar-refractivity contribution >= 4 is 5.97 Å². The number of hydrogen-bond donors (Lipinski definition) is 0. The molecular weight excluding hydrogens is 471 g/mol. The highest BCUT2D eigenvalue weighted by molar-refractivity contribution is 5.79. The molecule has 2 heterocycles. The van der Waals surface area contributed by atoms with Crippen LogP contribution < -0.4 is 9.47 Å². The van der Waals surface area contributed by atoms with Gasteiger partial charge >= 0.3 is 12.1 Å². The first-order valence-corrected chi connectivity index (χ1v) is 12.4. The van der Waals surface area contributed by atoms with E-state index >= 15 is 0 Å². The summed E-state index contributed by atoms with van der Waals surface area (Å²) in [5.74, 6) is -2.00. The molecule has 0 spiro atoms. The van der Waals surface area contributed by atoms with Crippen LogP contribution in [0.5, 0.6) is 11.5 Å². The highest BCUT2D eigenvalue weighted by Crippen LogP contribution is 2.45. The zero-order chi connectivity index (χ0) is 26.0. The first-order valence-electron chi connectivity index (χ1n) is 12.4. The van der Waals surface area contributed by atoms with Crippen LogP contribution in [0.15, 0.2) is 42.5 Å². The molecule has 2 aliphatic heterocycles. The minimum absolute atomic E-state index is 0.0449. The predicted octanol–water partition coefficient (Wildman–Crippen LogP) is 5.93. The van der Waals surface area contributed by atoms with Gasteiger partial charge in [0.05, 0.1) is 14.2 Å². The fourth-order valence-electron chi connectivity index (χ4n) is 5.70. The van der Waals surface area contributed by atoms with Crippen molar-refractivity contribution in [3.8, 4) is 11.5 Å². The van der Waals surface area contributed by atoms with Crippen LogP contribution in [0.4, 0.5) is 13.2 Å². The second-order valence-corrected chi connectivity index (χ2v) is 10.2. The highest BCUT2D eigenvalue weighted by Gasteiger charge is 2.49. The number of halogens is 3. The van der Waals surface area contributed by atoms with Crippen molar-refractivity contribution in [2.75, 3.05) is 27.3 Å². The number of piperidine rings is 1. The molecule has 0 aromatic heterocycles. The van der Waals surface area contributed by atoms with Crippen molar-refractivity contribution in [3.63, 3.8) is 0 Å². The smallest absolute Gasteiger partial charge is 0.406 e. The Hall–Kier alpha value is -2.74. The summed E-state index contributed by atoms with van der Waals surface area (Å²) in [4.78, 5) is 15.5. The first-order chi connectivity index (χ1) is 17.1. The van der Waals surface area contributed by atoms with Crippen molar-refractivity contribution in [1.82, 2.24) is 4.90 Å². The van der Waals surface area contributed by atoms with Crippen LogP contribution in [0.25, 0.3) is 0 Å². The number of ether oxygens (including phenoxy) is 3. The van der Waals surface area contributed by atoms with E-state index in [1.54, 1.807) is 20.3 Å². The van der Waals surface area contributed by atoms with E-state index < -0.39 is 24.2 Å². The average Bonchev–Trinajstić information content (AvgIpc) is 2.83. The number of nitrogens with zero attached hydrogens (tertiary/aromatic N) is 1. The normalized spacial score (nSPS) is 22.9. The van der Waals surface area contributed by atoms with Gasteiger partial charge in [-0.1, -0.05) is 44.2 Å². The molecule has 5 nitrogen and oxygen atoms in total. The van der Waals surface area contributed by atoms with Crippen molar-refractivity contribution in [1.29, 1.82) is 0 Å². The van der Waals surface area contributed by atoms with Gasteiger partial charge in [0.25, 0.3) is 0 Å². The van der Waals surface area contributed by atoms with Gasteiger partial charge in [0.15, 0.2) is 17.4 Å². The molecule has 2 aromatic carbocycles. The summed E-state index contributed by atoms with van der Waals surface area (Å²) in [5, 5.41) is 0. The molecule has 4 rings (SSSR count). The summed E-state index contributed by atoms with van der Waals surface area (Å²) < 4.78 is 58.8. The summed E-state index contributed by atoms with van der Waals surface area (Å²) in [6, 6.07) is 11.1. The lowest BCUT2D eigenvalue weighted by Gasteiger charge is -2.47. The van der Waals surface area contributed by atoms with Gasteiger partial charge in [0, 0.05) is 31.5 Å². The molecular formula is C28H34F3NO4. The van der Waals surface area contributed by atoms with Crippen LogP contribution in [0, 0.1) is 11.8 Å². The number of rotatable bonds is 7. The van der Waals surface area contributed by atoms with Crippen LogP contribution in [0.1, 0.15) is 55.3 Å². The second kappa shape index (κ2) is 10.7. The number of methoxy groups -OCH3 is 2. The summed E-state index contributed by atoms with van der Waals surface area (Å²) in [5.41, 5.74) is 2.07. The van der Waals surface area contributed by atoms with Crippen molar-refractivity contribution < 1.29 is 32.2 Å². The quantitative estimate of drug-likeness (QED) is 0.437. The molecule has 0 amide bonds.